The van der Waals surface area contributed by atoms with Crippen LogP contribution in [0.15, 0.2) is 24.3 Å². The molecule has 1 aromatic carbocycles. The molecule has 1 rings (SSSR count). The average Bonchev–Trinajstić information content (AvgIpc) is 2.21. The molecule has 0 aliphatic carbocycles. The van der Waals surface area contributed by atoms with Crippen molar-refractivity contribution in [3.05, 3.63) is 29.8 Å². The van der Waals surface area contributed by atoms with Crippen molar-refractivity contribution in [2.45, 2.75) is 6.61 Å². The van der Waals surface area contributed by atoms with E-state index in [9.17, 15) is 9.59 Å². The molecule has 0 saturated carbocycles. The van der Waals surface area contributed by atoms with Crippen molar-refractivity contribution in [2.75, 3.05) is 0 Å². The van der Waals surface area contributed by atoms with Gasteiger partial charge in [-0.1, -0.05) is 18.2 Å². The Morgan fingerprint density at radius 2 is 2.14 bits per heavy atom. The normalized spacial score (nSPS) is 9.50. The van der Waals surface area contributed by atoms with Crippen LogP contribution in [0.1, 0.15) is 5.56 Å². The van der Waals surface area contributed by atoms with Gasteiger partial charge in [0.1, 0.15) is 5.75 Å². The van der Waals surface area contributed by atoms with Crippen molar-refractivity contribution in [1.29, 1.82) is 0 Å². The Labute approximate surface area is 80.4 Å². The van der Waals surface area contributed by atoms with Crippen LogP contribution in [0.2, 0.25) is 0 Å². The third-order valence-electron chi connectivity index (χ3n) is 1.52. The van der Waals surface area contributed by atoms with Gasteiger partial charge in [-0.2, -0.15) is 0 Å². The minimum atomic E-state index is -0.950. The SMILES string of the molecule is NOCc1ccccc1OC(=O)C=O. The van der Waals surface area contributed by atoms with E-state index < -0.39 is 5.97 Å². The second-order valence-corrected chi connectivity index (χ2v) is 2.46. The summed E-state index contributed by atoms with van der Waals surface area (Å²) in [5, 5.41) is 0. The molecular weight excluding hydrogens is 186 g/mol. The second kappa shape index (κ2) is 5.11. The lowest BCUT2D eigenvalue weighted by Crippen LogP contribution is -2.10. The van der Waals surface area contributed by atoms with Gasteiger partial charge in [-0.25, -0.2) is 10.7 Å². The maximum absolute atomic E-state index is 10.7. The topological polar surface area (TPSA) is 78.6 Å². The lowest BCUT2D eigenvalue weighted by atomic mass is 10.2. The van der Waals surface area contributed by atoms with Gasteiger partial charge in [0, 0.05) is 5.56 Å². The standard InChI is InChI=1S/C9H9NO4/c10-13-6-7-3-1-2-4-8(7)14-9(12)5-11/h1-5H,6,10H2. The van der Waals surface area contributed by atoms with Gasteiger partial charge in [0.15, 0.2) is 0 Å². The number of carbonyl (C=O) groups is 2. The van der Waals surface area contributed by atoms with E-state index in [1.54, 1.807) is 24.3 Å². The number of ether oxygens (including phenoxy) is 1. The first-order chi connectivity index (χ1) is 6.77. The van der Waals surface area contributed by atoms with Crippen molar-refractivity contribution in [3.63, 3.8) is 0 Å². The highest BCUT2D eigenvalue weighted by molar-refractivity contribution is 6.21. The largest absolute Gasteiger partial charge is 0.421 e. The molecule has 0 atom stereocenters. The third kappa shape index (κ3) is 2.65. The summed E-state index contributed by atoms with van der Waals surface area (Å²) < 4.78 is 4.70. The number of esters is 1. The molecule has 0 amide bonds. The molecule has 0 spiro atoms. The minimum absolute atomic E-state index is 0.0973. The average molecular weight is 195 g/mol. The van der Waals surface area contributed by atoms with Crippen LogP contribution in [-0.2, 0) is 21.0 Å². The number of hydrogen-bond donors (Lipinski definition) is 1. The van der Waals surface area contributed by atoms with Gasteiger partial charge in [0.2, 0.25) is 6.29 Å². The zero-order valence-electron chi connectivity index (χ0n) is 7.30. The van der Waals surface area contributed by atoms with Crippen LogP contribution in [0.25, 0.3) is 0 Å². The van der Waals surface area contributed by atoms with Gasteiger partial charge in [-0.05, 0) is 6.07 Å². The molecule has 0 aliphatic heterocycles. The van der Waals surface area contributed by atoms with Crippen LogP contribution < -0.4 is 10.6 Å². The number of aldehydes is 1. The molecule has 0 fully saturated rings. The van der Waals surface area contributed by atoms with Gasteiger partial charge < -0.3 is 4.74 Å². The van der Waals surface area contributed by atoms with Crippen LogP contribution in [0, 0.1) is 0 Å². The summed E-state index contributed by atoms with van der Waals surface area (Å²) in [6, 6.07) is 6.65. The highest BCUT2D eigenvalue weighted by atomic mass is 16.6. The monoisotopic (exact) mass is 195 g/mol. The Bertz CT molecular complexity index is 337. The van der Waals surface area contributed by atoms with Crippen LogP contribution in [0.3, 0.4) is 0 Å². The van der Waals surface area contributed by atoms with Crippen molar-refractivity contribution in [1.82, 2.24) is 0 Å². The molecule has 0 aliphatic rings. The van der Waals surface area contributed by atoms with E-state index in [0.717, 1.165) is 0 Å². The highest BCUT2D eigenvalue weighted by Gasteiger charge is 2.07. The number of benzene rings is 1. The number of para-hydroxylation sites is 1. The van der Waals surface area contributed by atoms with Gasteiger partial charge >= 0.3 is 5.97 Å². The van der Waals surface area contributed by atoms with Gasteiger partial charge in [0.05, 0.1) is 6.61 Å². The molecule has 0 heterocycles. The Kier molecular flexibility index (Phi) is 3.78. The fraction of sp³-hybridized carbons (Fsp3) is 0.111. The summed E-state index contributed by atoms with van der Waals surface area (Å²) in [5.74, 6) is 4.21. The van der Waals surface area contributed by atoms with Crippen molar-refractivity contribution in [3.8, 4) is 5.75 Å². The molecule has 0 saturated heterocycles. The summed E-state index contributed by atoms with van der Waals surface area (Å²) >= 11 is 0. The molecule has 0 radical (unpaired) electrons. The van der Waals surface area contributed by atoms with E-state index in [0.29, 0.717) is 5.56 Å². The number of rotatable bonds is 4. The lowest BCUT2D eigenvalue weighted by Gasteiger charge is -2.06. The summed E-state index contributed by atoms with van der Waals surface area (Å²) in [6.07, 6.45) is 0.0973. The first-order valence-electron chi connectivity index (χ1n) is 3.84. The minimum Gasteiger partial charge on any atom is -0.421 e. The van der Waals surface area contributed by atoms with E-state index in [2.05, 4.69) is 4.84 Å². The zero-order chi connectivity index (χ0) is 10.4. The van der Waals surface area contributed by atoms with Crippen LogP contribution in [0.5, 0.6) is 5.75 Å². The van der Waals surface area contributed by atoms with Crippen molar-refractivity contribution in [2.24, 2.45) is 5.90 Å². The smallest absolute Gasteiger partial charge is 0.376 e. The van der Waals surface area contributed by atoms with Gasteiger partial charge in [-0.3, -0.25) is 9.63 Å². The van der Waals surface area contributed by atoms with E-state index in [-0.39, 0.29) is 18.6 Å². The number of carbonyl (C=O) groups excluding carboxylic acids is 2. The Morgan fingerprint density at radius 3 is 2.79 bits per heavy atom. The fourth-order valence-corrected chi connectivity index (χ4v) is 0.945. The van der Waals surface area contributed by atoms with Crippen LogP contribution in [-0.4, -0.2) is 12.3 Å². The van der Waals surface area contributed by atoms with Crippen LogP contribution >= 0.6 is 0 Å². The molecule has 5 heteroatoms. The molecule has 14 heavy (non-hydrogen) atoms. The molecule has 5 nitrogen and oxygen atoms in total. The molecule has 0 bridgehead atoms. The second-order valence-electron chi connectivity index (χ2n) is 2.46. The number of nitrogens with two attached hydrogens (primary N) is 1. The number of hydrogen-bond acceptors (Lipinski definition) is 5. The molecule has 1 aromatic rings. The summed E-state index contributed by atoms with van der Waals surface area (Å²) in [6.45, 7) is 0.113. The van der Waals surface area contributed by atoms with E-state index >= 15 is 0 Å². The third-order valence-corrected chi connectivity index (χ3v) is 1.52. The molecule has 0 aromatic heterocycles. The first kappa shape index (κ1) is 10.4. The van der Waals surface area contributed by atoms with Gasteiger partial charge in [-0.15, -0.1) is 0 Å². The Morgan fingerprint density at radius 1 is 1.43 bits per heavy atom. The molecule has 2 N–H and O–H groups in total. The summed E-state index contributed by atoms with van der Waals surface area (Å²) in [5.41, 5.74) is 0.602. The molecular formula is C9H9NO4. The van der Waals surface area contributed by atoms with E-state index in [1.165, 1.54) is 0 Å². The van der Waals surface area contributed by atoms with Crippen LogP contribution in [0.4, 0.5) is 0 Å². The Balaban J connectivity index is 2.83. The van der Waals surface area contributed by atoms with E-state index in [1.807, 2.05) is 0 Å². The first-order valence-corrected chi connectivity index (χ1v) is 3.84. The maximum Gasteiger partial charge on any atom is 0.376 e. The Hall–Kier alpha value is -1.72. The zero-order valence-corrected chi connectivity index (χ0v) is 7.30. The summed E-state index contributed by atoms with van der Waals surface area (Å²) in [4.78, 5) is 25.1. The lowest BCUT2D eigenvalue weighted by molar-refractivity contribution is -0.141. The predicted molar refractivity (Wildman–Crippen MR) is 47.1 cm³/mol. The van der Waals surface area contributed by atoms with Crippen molar-refractivity contribution >= 4 is 12.3 Å². The van der Waals surface area contributed by atoms with Gasteiger partial charge in [0.25, 0.3) is 0 Å². The highest BCUT2D eigenvalue weighted by Crippen LogP contribution is 2.18. The summed E-state index contributed by atoms with van der Waals surface area (Å²) in [7, 11) is 0. The fourth-order valence-electron chi connectivity index (χ4n) is 0.945. The molecule has 0 unspecified atom stereocenters. The van der Waals surface area contributed by atoms with Crippen molar-refractivity contribution < 1.29 is 19.2 Å². The maximum atomic E-state index is 10.7. The predicted octanol–water partition coefficient (Wildman–Crippen LogP) is 0.181. The molecule has 74 valence electrons. The quantitative estimate of drug-likeness (QED) is 0.244. The van der Waals surface area contributed by atoms with E-state index in [4.69, 9.17) is 10.6 Å².